The molecule has 0 radical (unpaired) electrons. The van der Waals surface area contributed by atoms with Gasteiger partial charge in [-0.25, -0.2) is 0 Å². The molecule has 3 aromatic carbocycles. The van der Waals surface area contributed by atoms with Gasteiger partial charge >= 0.3 is 0 Å². The van der Waals surface area contributed by atoms with E-state index in [0.29, 0.717) is 25.3 Å². The SMILES string of the molecule is O=C(NCc1ccc2c(c1)OCCO2)c1ccccc1Cc1ccccc1. The highest BCUT2D eigenvalue weighted by Gasteiger charge is 2.14. The molecule has 1 aliphatic rings. The average molecular weight is 359 g/mol. The third kappa shape index (κ3) is 4.11. The fourth-order valence-electron chi connectivity index (χ4n) is 3.19. The number of amides is 1. The quantitative estimate of drug-likeness (QED) is 0.750. The van der Waals surface area contributed by atoms with E-state index in [1.54, 1.807) is 0 Å². The van der Waals surface area contributed by atoms with Gasteiger partial charge in [-0.1, -0.05) is 54.6 Å². The lowest BCUT2D eigenvalue weighted by Crippen LogP contribution is -2.24. The highest BCUT2D eigenvalue weighted by atomic mass is 16.6. The topological polar surface area (TPSA) is 47.6 Å². The number of nitrogens with one attached hydrogen (secondary N) is 1. The van der Waals surface area contributed by atoms with Gasteiger partial charge in [0.2, 0.25) is 0 Å². The maximum Gasteiger partial charge on any atom is 0.251 e. The van der Waals surface area contributed by atoms with Crippen LogP contribution in [0.3, 0.4) is 0 Å². The monoisotopic (exact) mass is 359 g/mol. The second kappa shape index (κ2) is 7.96. The lowest BCUT2D eigenvalue weighted by Gasteiger charge is -2.19. The molecule has 136 valence electrons. The molecule has 0 bridgehead atoms. The molecular weight excluding hydrogens is 338 g/mol. The van der Waals surface area contributed by atoms with Crippen molar-refractivity contribution >= 4 is 5.91 Å². The molecular formula is C23H21NO3. The number of fused-ring (bicyclic) bond motifs is 1. The summed E-state index contributed by atoms with van der Waals surface area (Å²) >= 11 is 0. The van der Waals surface area contributed by atoms with E-state index < -0.39 is 0 Å². The number of carbonyl (C=O) groups excluding carboxylic acids is 1. The maximum absolute atomic E-state index is 12.8. The number of benzene rings is 3. The van der Waals surface area contributed by atoms with Crippen molar-refractivity contribution in [2.75, 3.05) is 13.2 Å². The number of ether oxygens (including phenoxy) is 2. The molecule has 0 atom stereocenters. The summed E-state index contributed by atoms with van der Waals surface area (Å²) in [6, 6.07) is 23.7. The maximum atomic E-state index is 12.8. The van der Waals surface area contributed by atoms with Gasteiger partial charge in [0, 0.05) is 12.1 Å². The molecule has 0 aromatic heterocycles. The molecule has 0 saturated heterocycles. The van der Waals surface area contributed by atoms with Gasteiger partial charge < -0.3 is 14.8 Å². The number of hydrogen-bond acceptors (Lipinski definition) is 3. The Hall–Kier alpha value is -3.27. The summed E-state index contributed by atoms with van der Waals surface area (Å²) in [5.74, 6) is 1.42. The summed E-state index contributed by atoms with van der Waals surface area (Å²) in [7, 11) is 0. The van der Waals surface area contributed by atoms with E-state index in [9.17, 15) is 4.79 Å². The summed E-state index contributed by atoms with van der Waals surface area (Å²) in [5, 5.41) is 3.01. The van der Waals surface area contributed by atoms with E-state index >= 15 is 0 Å². The molecule has 0 aliphatic carbocycles. The van der Waals surface area contributed by atoms with E-state index in [1.807, 2.05) is 60.7 Å². The van der Waals surface area contributed by atoms with Crippen LogP contribution in [-0.2, 0) is 13.0 Å². The van der Waals surface area contributed by atoms with Crippen LogP contribution in [0.1, 0.15) is 27.0 Å². The zero-order valence-electron chi connectivity index (χ0n) is 15.0. The molecule has 0 fully saturated rings. The molecule has 1 N–H and O–H groups in total. The summed E-state index contributed by atoms with van der Waals surface area (Å²) in [6.45, 7) is 1.56. The van der Waals surface area contributed by atoms with Crippen LogP contribution >= 0.6 is 0 Å². The number of rotatable bonds is 5. The summed E-state index contributed by atoms with van der Waals surface area (Å²) < 4.78 is 11.1. The molecule has 4 rings (SSSR count). The predicted octanol–water partition coefficient (Wildman–Crippen LogP) is 3.98. The van der Waals surface area contributed by atoms with E-state index in [-0.39, 0.29) is 5.91 Å². The minimum absolute atomic E-state index is 0.0728. The summed E-state index contributed by atoms with van der Waals surface area (Å²) in [6.07, 6.45) is 0.731. The Morgan fingerprint density at radius 1 is 0.815 bits per heavy atom. The minimum Gasteiger partial charge on any atom is -0.486 e. The molecule has 0 spiro atoms. The second-order valence-corrected chi connectivity index (χ2v) is 6.48. The van der Waals surface area contributed by atoms with Crippen LogP contribution in [0, 0.1) is 0 Å². The third-order valence-corrected chi connectivity index (χ3v) is 4.56. The molecule has 1 aliphatic heterocycles. The first-order chi connectivity index (χ1) is 13.3. The zero-order chi connectivity index (χ0) is 18.5. The summed E-state index contributed by atoms with van der Waals surface area (Å²) in [4.78, 5) is 12.8. The van der Waals surface area contributed by atoms with Crippen LogP contribution < -0.4 is 14.8 Å². The van der Waals surface area contributed by atoms with Gasteiger partial charge in [0.1, 0.15) is 13.2 Å². The van der Waals surface area contributed by atoms with Crippen molar-refractivity contribution in [3.05, 3.63) is 95.1 Å². The van der Waals surface area contributed by atoms with Crippen molar-refractivity contribution in [2.24, 2.45) is 0 Å². The smallest absolute Gasteiger partial charge is 0.251 e. The first-order valence-electron chi connectivity index (χ1n) is 9.08. The van der Waals surface area contributed by atoms with Crippen LogP contribution in [0.2, 0.25) is 0 Å². The fraction of sp³-hybridized carbons (Fsp3) is 0.174. The van der Waals surface area contributed by atoms with Crippen molar-refractivity contribution in [3.63, 3.8) is 0 Å². The first-order valence-corrected chi connectivity index (χ1v) is 9.08. The largest absolute Gasteiger partial charge is 0.486 e. The van der Waals surface area contributed by atoms with Crippen LogP contribution in [-0.4, -0.2) is 19.1 Å². The Labute approximate surface area is 158 Å². The van der Waals surface area contributed by atoms with Gasteiger partial charge in [-0.15, -0.1) is 0 Å². The Balaban J connectivity index is 1.46. The molecule has 1 heterocycles. The van der Waals surface area contributed by atoms with Crippen molar-refractivity contribution in [1.82, 2.24) is 5.32 Å². The van der Waals surface area contributed by atoms with Crippen LogP contribution in [0.5, 0.6) is 11.5 Å². The van der Waals surface area contributed by atoms with Crippen LogP contribution in [0.15, 0.2) is 72.8 Å². The van der Waals surface area contributed by atoms with E-state index in [1.165, 1.54) is 5.56 Å². The van der Waals surface area contributed by atoms with Crippen molar-refractivity contribution in [2.45, 2.75) is 13.0 Å². The number of carbonyl (C=O) groups is 1. The Morgan fingerprint density at radius 3 is 2.41 bits per heavy atom. The Kier molecular flexibility index (Phi) is 5.06. The average Bonchev–Trinajstić information content (AvgIpc) is 2.73. The number of hydrogen-bond donors (Lipinski definition) is 1. The van der Waals surface area contributed by atoms with E-state index in [2.05, 4.69) is 17.4 Å². The lowest BCUT2D eigenvalue weighted by molar-refractivity contribution is 0.0950. The van der Waals surface area contributed by atoms with Crippen LogP contribution in [0.4, 0.5) is 0 Å². The minimum atomic E-state index is -0.0728. The molecule has 4 nitrogen and oxygen atoms in total. The van der Waals surface area contributed by atoms with E-state index in [0.717, 1.165) is 29.0 Å². The molecule has 4 heteroatoms. The van der Waals surface area contributed by atoms with Crippen molar-refractivity contribution in [3.8, 4) is 11.5 Å². The lowest BCUT2D eigenvalue weighted by atomic mass is 9.99. The molecule has 1 amide bonds. The van der Waals surface area contributed by atoms with Gasteiger partial charge in [-0.3, -0.25) is 4.79 Å². The van der Waals surface area contributed by atoms with Gasteiger partial charge in [-0.05, 0) is 41.3 Å². The van der Waals surface area contributed by atoms with Gasteiger partial charge in [-0.2, -0.15) is 0 Å². The van der Waals surface area contributed by atoms with Crippen molar-refractivity contribution < 1.29 is 14.3 Å². The highest BCUT2D eigenvalue weighted by Crippen LogP contribution is 2.30. The van der Waals surface area contributed by atoms with Crippen molar-refractivity contribution in [1.29, 1.82) is 0 Å². The van der Waals surface area contributed by atoms with Gasteiger partial charge in [0.25, 0.3) is 5.91 Å². The molecule has 27 heavy (non-hydrogen) atoms. The first kappa shape index (κ1) is 17.2. The Bertz CT molecular complexity index is 937. The zero-order valence-corrected chi connectivity index (χ0v) is 15.0. The van der Waals surface area contributed by atoms with Gasteiger partial charge in [0.05, 0.1) is 0 Å². The highest BCUT2D eigenvalue weighted by molar-refractivity contribution is 5.95. The molecule has 0 unspecified atom stereocenters. The Morgan fingerprint density at radius 2 is 1.56 bits per heavy atom. The normalized spacial score (nSPS) is 12.4. The predicted molar refractivity (Wildman–Crippen MR) is 104 cm³/mol. The third-order valence-electron chi connectivity index (χ3n) is 4.56. The van der Waals surface area contributed by atoms with Gasteiger partial charge in [0.15, 0.2) is 11.5 Å². The van der Waals surface area contributed by atoms with E-state index in [4.69, 9.17) is 9.47 Å². The summed E-state index contributed by atoms with van der Waals surface area (Å²) in [5.41, 5.74) is 3.89. The second-order valence-electron chi connectivity index (χ2n) is 6.48. The molecule has 3 aromatic rings. The molecule has 0 saturated carbocycles. The standard InChI is InChI=1S/C23H21NO3/c25-23(24-16-18-10-11-21-22(15-18)27-13-12-26-21)20-9-5-4-8-19(20)14-17-6-2-1-3-7-17/h1-11,15H,12-14,16H2,(H,24,25). The fourth-order valence-corrected chi connectivity index (χ4v) is 3.19. The van der Waals surface area contributed by atoms with Crippen LogP contribution in [0.25, 0.3) is 0 Å².